The number of anilines is 1. The molecule has 0 radical (unpaired) electrons. The maximum absolute atomic E-state index is 4.63. The summed E-state index contributed by atoms with van der Waals surface area (Å²) in [4.78, 5) is 13.2. The van der Waals surface area contributed by atoms with Crippen molar-refractivity contribution in [1.29, 1.82) is 0 Å². The Bertz CT molecular complexity index is 956. The van der Waals surface area contributed by atoms with Gasteiger partial charge >= 0.3 is 0 Å². The van der Waals surface area contributed by atoms with E-state index in [-0.39, 0.29) is 0 Å². The van der Waals surface area contributed by atoms with Gasteiger partial charge in [-0.05, 0) is 31.9 Å². The smallest absolute Gasteiger partial charge is 0.187 e. The van der Waals surface area contributed by atoms with E-state index in [9.17, 15) is 0 Å². The van der Waals surface area contributed by atoms with Crippen molar-refractivity contribution < 1.29 is 0 Å². The molecule has 0 bridgehead atoms. The molecule has 1 aromatic heterocycles. The normalized spacial score (nSPS) is 13.9. The number of allylic oxidation sites excluding steroid dienone is 6. The SMILES string of the molecule is C/C=C\C.C=C(Nc1nc(-c2ccccc2)cs1)C1=NC=C(/C(C=NC)=C/C)C1. The molecule has 29 heavy (non-hydrogen) atoms. The number of rotatable bonds is 6. The van der Waals surface area contributed by atoms with Crippen LogP contribution in [0, 0.1) is 0 Å². The van der Waals surface area contributed by atoms with Gasteiger partial charge in [0, 0.05) is 36.8 Å². The third-order valence-electron chi connectivity index (χ3n) is 4.20. The number of hydrogen-bond donors (Lipinski definition) is 1. The predicted octanol–water partition coefficient (Wildman–Crippen LogP) is 6.69. The maximum Gasteiger partial charge on any atom is 0.187 e. The third-order valence-corrected chi connectivity index (χ3v) is 4.96. The van der Waals surface area contributed by atoms with Crippen LogP contribution in [0.15, 0.2) is 93.5 Å². The van der Waals surface area contributed by atoms with Crippen molar-refractivity contribution in [3.8, 4) is 11.3 Å². The Labute approximate surface area is 177 Å². The zero-order valence-corrected chi connectivity index (χ0v) is 18.3. The van der Waals surface area contributed by atoms with Gasteiger partial charge in [0.15, 0.2) is 5.13 Å². The number of thiazole rings is 1. The Hall–Kier alpha value is -3.05. The van der Waals surface area contributed by atoms with Gasteiger partial charge < -0.3 is 5.32 Å². The summed E-state index contributed by atoms with van der Waals surface area (Å²) in [5.41, 5.74) is 6.02. The molecular formula is C24H28N4S. The van der Waals surface area contributed by atoms with E-state index in [0.717, 1.165) is 45.4 Å². The molecule has 2 aromatic rings. The Morgan fingerprint density at radius 3 is 2.52 bits per heavy atom. The minimum atomic E-state index is 0.744. The summed E-state index contributed by atoms with van der Waals surface area (Å²) in [6.07, 6.45) is 10.5. The van der Waals surface area contributed by atoms with E-state index >= 15 is 0 Å². The standard InChI is InChI=1S/C20H20N4S.C4H8/c1-4-15(11-21-3)17-10-18(22-12-17)14(2)23-20-24-19(13-25-20)16-8-6-5-7-9-16;1-3-4-2/h4-9,11-13H,2,10H2,1,3H3,(H,23,24);3-4H,1-2H3/b15-4+,21-11?;4-3-. The quantitative estimate of drug-likeness (QED) is 0.430. The zero-order valence-electron chi connectivity index (χ0n) is 17.5. The summed E-state index contributed by atoms with van der Waals surface area (Å²) in [7, 11) is 1.77. The fourth-order valence-electron chi connectivity index (χ4n) is 2.54. The van der Waals surface area contributed by atoms with Gasteiger partial charge in [-0.25, -0.2) is 4.98 Å². The number of nitrogens with zero attached hydrogens (tertiary/aromatic N) is 3. The van der Waals surface area contributed by atoms with Gasteiger partial charge in [-0.1, -0.05) is 55.1 Å². The van der Waals surface area contributed by atoms with Crippen molar-refractivity contribution >= 4 is 28.4 Å². The molecule has 1 N–H and O–H groups in total. The molecule has 0 amide bonds. The highest BCUT2D eigenvalue weighted by atomic mass is 32.1. The summed E-state index contributed by atoms with van der Waals surface area (Å²) in [6.45, 7) is 10.1. The molecule has 1 aliphatic rings. The highest BCUT2D eigenvalue weighted by molar-refractivity contribution is 7.14. The molecule has 0 saturated carbocycles. The third kappa shape index (κ3) is 6.50. The zero-order chi connectivity index (χ0) is 21.1. The van der Waals surface area contributed by atoms with E-state index in [1.807, 2.05) is 75.0 Å². The van der Waals surface area contributed by atoms with Gasteiger partial charge in [0.25, 0.3) is 0 Å². The number of hydrogen-bond acceptors (Lipinski definition) is 5. The minimum Gasteiger partial charge on any atom is -0.330 e. The van der Waals surface area contributed by atoms with E-state index in [2.05, 4.69) is 39.0 Å². The average molecular weight is 405 g/mol. The van der Waals surface area contributed by atoms with Crippen LogP contribution >= 0.6 is 11.3 Å². The molecule has 0 saturated heterocycles. The van der Waals surface area contributed by atoms with Crippen LogP contribution in [0.3, 0.4) is 0 Å². The largest absolute Gasteiger partial charge is 0.330 e. The van der Waals surface area contributed by atoms with Gasteiger partial charge in [-0.15, -0.1) is 11.3 Å². The number of aliphatic imine (C=N–C) groups is 2. The second-order valence-corrected chi connectivity index (χ2v) is 7.07. The number of nitrogens with one attached hydrogen (secondary N) is 1. The van der Waals surface area contributed by atoms with Gasteiger partial charge in [0.1, 0.15) is 0 Å². The summed E-state index contributed by atoms with van der Waals surface area (Å²) >= 11 is 1.56. The van der Waals surface area contributed by atoms with Crippen molar-refractivity contribution in [1.82, 2.24) is 4.98 Å². The second kappa shape index (κ2) is 11.7. The molecule has 150 valence electrons. The Kier molecular flexibility index (Phi) is 8.99. The van der Waals surface area contributed by atoms with Crippen molar-refractivity contribution in [3.63, 3.8) is 0 Å². The van der Waals surface area contributed by atoms with Crippen LogP contribution in [0.25, 0.3) is 11.3 Å². The van der Waals surface area contributed by atoms with Gasteiger partial charge in [0.05, 0.1) is 17.1 Å². The van der Waals surface area contributed by atoms with E-state index in [4.69, 9.17) is 0 Å². The van der Waals surface area contributed by atoms with Gasteiger partial charge in [0.2, 0.25) is 0 Å². The lowest BCUT2D eigenvalue weighted by Crippen LogP contribution is -2.09. The minimum absolute atomic E-state index is 0.744. The van der Waals surface area contributed by atoms with Crippen LogP contribution in [-0.2, 0) is 0 Å². The highest BCUT2D eigenvalue weighted by Gasteiger charge is 2.16. The van der Waals surface area contributed by atoms with Gasteiger partial charge in [-0.3, -0.25) is 9.98 Å². The summed E-state index contributed by atoms with van der Waals surface area (Å²) in [6, 6.07) is 10.1. The van der Waals surface area contributed by atoms with Crippen LogP contribution in [0.4, 0.5) is 5.13 Å². The van der Waals surface area contributed by atoms with Crippen molar-refractivity contribution in [2.24, 2.45) is 9.98 Å². The topological polar surface area (TPSA) is 49.6 Å². The monoisotopic (exact) mass is 404 g/mol. The van der Waals surface area contributed by atoms with Crippen LogP contribution in [0.5, 0.6) is 0 Å². The first-order valence-corrected chi connectivity index (χ1v) is 10.4. The summed E-state index contributed by atoms with van der Waals surface area (Å²) < 4.78 is 0. The molecule has 0 spiro atoms. The van der Waals surface area contributed by atoms with E-state index in [0.29, 0.717) is 0 Å². The molecule has 5 heteroatoms. The molecule has 0 aliphatic carbocycles. The lowest BCUT2D eigenvalue weighted by molar-refractivity contribution is 1.32. The van der Waals surface area contributed by atoms with Crippen molar-refractivity contribution in [3.05, 3.63) is 83.6 Å². The first-order valence-electron chi connectivity index (χ1n) is 9.52. The van der Waals surface area contributed by atoms with Gasteiger partial charge in [-0.2, -0.15) is 0 Å². The second-order valence-electron chi connectivity index (χ2n) is 6.21. The predicted molar refractivity (Wildman–Crippen MR) is 129 cm³/mol. The molecule has 0 atom stereocenters. The van der Waals surface area contributed by atoms with E-state index in [1.165, 1.54) is 0 Å². The Balaban J connectivity index is 0.000000687. The molecule has 0 fully saturated rings. The average Bonchev–Trinajstić information content (AvgIpc) is 3.43. The lowest BCUT2D eigenvalue weighted by Gasteiger charge is -2.08. The maximum atomic E-state index is 4.63. The highest BCUT2D eigenvalue weighted by Crippen LogP contribution is 2.27. The van der Waals surface area contributed by atoms with E-state index in [1.54, 1.807) is 18.4 Å². The molecule has 3 rings (SSSR count). The molecule has 2 heterocycles. The van der Waals surface area contributed by atoms with Crippen LogP contribution in [-0.4, -0.2) is 24.0 Å². The number of aromatic nitrogens is 1. The van der Waals surface area contributed by atoms with Crippen molar-refractivity contribution in [2.45, 2.75) is 27.2 Å². The fraction of sp³-hybridized carbons (Fsp3) is 0.208. The van der Waals surface area contributed by atoms with Crippen LogP contribution < -0.4 is 5.32 Å². The van der Waals surface area contributed by atoms with Crippen LogP contribution in [0.1, 0.15) is 27.2 Å². The number of benzene rings is 1. The fourth-order valence-corrected chi connectivity index (χ4v) is 3.29. The Morgan fingerprint density at radius 1 is 1.17 bits per heavy atom. The Morgan fingerprint density at radius 2 is 1.90 bits per heavy atom. The molecule has 1 aromatic carbocycles. The molecule has 0 unspecified atom stereocenters. The summed E-state index contributed by atoms with van der Waals surface area (Å²) in [5, 5.41) is 6.14. The molecule has 4 nitrogen and oxygen atoms in total. The first kappa shape index (κ1) is 22.2. The van der Waals surface area contributed by atoms with Crippen LogP contribution in [0.2, 0.25) is 0 Å². The lowest BCUT2D eigenvalue weighted by atomic mass is 10.0. The molecule has 1 aliphatic heterocycles. The first-order chi connectivity index (χ1) is 14.1. The van der Waals surface area contributed by atoms with Crippen molar-refractivity contribution in [2.75, 3.05) is 12.4 Å². The summed E-state index contributed by atoms with van der Waals surface area (Å²) in [5.74, 6) is 0. The molecular weight excluding hydrogens is 376 g/mol. The van der Waals surface area contributed by atoms with E-state index < -0.39 is 0 Å².